The van der Waals surface area contributed by atoms with Crippen molar-refractivity contribution in [2.24, 2.45) is 0 Å². The summed E-state index contributed by atoms with van der Waals surface area (Å²) >= 11 is 0. The number of anilines is 1. The Hall–Kier alpha value is -1.58. The molecule has 3 heteroatoms. The van der Waals surface area contributed by atoms with Crippen LogP contribution in [0.4, 0.5) is 5.69 Å². The smallest absolute Gasteiger partial charge is 0.192 e. The van der Waals surface area contributed by atoms with E-state index in [1.165, 1.54) is 16.7 Å². The minimum Gasteiger partial charge on any atom is -0.413 e. The predicted octanol–water partition coefficient (Wildman–Crippen LogP) is 5.77. The van der Waals surface area contributed by atoms with E-state index in [4.69, 9.17) is 10.2 Å². The normalized spacial score (nSPS) is 12.4. The third-order valence-corrected chi connectivity index (χ3v) is 9.43. The lowest BCUT2D eigenvalue weighted by Gasteiger charge is -2.36. The number of hydrogen-bond donors (Lipinski definition) is 1. The van der Waals surface area contributed by atoms with Crippen LogP contribution in [0.3, 0.4) is 0 Å². The van der Waals surface area contributed by atoms with Crippen LogP contribution in [0.5, 0.6) is 0 Å². The van der Waals surface area contributed by atoms with Gasteiger partial charge in [-0.15, -0.1) is 0 Å². The van der Waals surface area contributed by atoms with Crippen LogP contribution in [0.15, 0.2) is 42.5 Å². The van der Waals surface area contributed by atoms with Crippen LogP contribution in [0.1, 0.15) is 31.9 Å². The minimum absolute atomic E-state index is 0.237. The van der Waals surface area contributed by atoms with Crippen molar-refractivity contribution >= 4 is 14.0 Å². The standard InChI is InChI=1S/C20H29NOSi/c1-15-13-16(14-22-23(5,6)20(2,3)4)11-12-17(15)18-9-7-8-10-19(18)21/h7-13H,14,21H2,1-6H3. The zero-order valence-corrected chi connectivity index (χ0v) is 16.2. The van der Waals surface area contributed by atoms with Gasteiger partial charge >= 0.3 is 0 Å². The Morgan fingerprint density at radius 1 is 1.00 bits per heavy atom. The molecule has 0 bridgehead atoms. The van der Waals surface area contributed by atoms with Gasteiger partial charge in [-0.3, -0.25) is 0 Å². The molecule has 2 N–H and O–H groups in total. The van der Waals surface area contributed by atoms with E-state index in [0.717, 1.165) is 11.3 Å². The van der Waals surface area contributed by atoms with Gasteiger partial charge in [-0.2, -0.15) is 0 Å². The summed E-state index contributed by atoms with van der Waals surface area (Å²) in [6, 6.07) is 14.5. The van der Waals surface area contributed by atoms with E-state index in [9.17, 15) is 0 Å². The van der Waals surface area contributed by atoms with Crippen molar-refractivity contribution in [3.05, 3.63) is 53.6 Å². The SMILES string of the molecule is Cc1cc(CO[Si](C)(C)C(C)(C)C)ccc1-c1ccccc1N. The van der Waals surface area contributed by atoms with E-state index in [2.05, 4.69) is 65.1 Å². The molecule has 0 heterocycles. The van der Waals surface area contributed by atoms with Crippen molar-refractivity contribution in [3.63, 3.8) is 0 Å². The molecular formula is C20H29NOSi. The van der Waals surface area contributed by atoms with Crippen LogP contribution < -0.4 is 5.73 Å². The summed E-state index contributed by atoms with van der Waals surface area (Å²) in [6.45, 7) is 14.2. The Morgan fingerprint density at radius 2 is 1.65 bits per heavy atom. The Labute approximate surface area is 141 Å². The number of benzene rings is 2. The number of rotatable bonds is 4. The van der Waals surface area contributed by atoms with Gasteiger partial charge in [-0.1, -0.05) is 57.2 Å². The minimum atomic E-state index is -1.71. The Balaban J connectivity index is 2.19. The quantitative estimate of drug-likeness (QED) is 0.572. The molecule has 0 aliphatic carbocycles. The van der Waals surface area contributed by atoms with E-state index in [1.807, 2.05) is 18.2 Å². The van der Waals surface area contributed by atoms with Crippen LogP contribution in [0.25, 0.3) is 11.1 Å². The highest BCUT2D eigenvalue weighted by molar-refractivity contribution is 6.74. The van der Waals surface area contributed by atoms with E-state index in [1.54, 1.807) is 0 Å². The first kappa shape index (κ1) is 17.8. The molecule has 2 aromatic carbocycles. The fourth-order valence-corrected chi connectivity index (χ4v) is 3.30. The van der Waals surface area contributed by atoms with Crippen LogP contribution >= 0.6 is 0 Å². The average molecular weight is 328 g/mol. The summed E-state index contributed by atoms with van der Waals surface area (Å²) in [6.07, 6.45) is 0. The molecule has 0 unspecified atom stereocenters. The molecule has 0 aliphatic heterocycles. The van der Waals surface area contributed by atoms with E-state index < -0.39 is 8.32 Å². The molecule has 0 spiro atoms. The topological polar surface area (TPSA) is 35.2 Å². The summed E-state index contributed by atoms with van der Waals surface area (Å²) in [7, 11) is -1.71. The summed E-state index contributed by atoms with van der Waals surface area (Å²) < 4.78 is 6.32. The van der Waals surface area contributed by atoms with Crippen molar-refractivity contribution < 1.29 is 4.43 Å². The summed E-state index contributed by atoms with van der Waals surface area (Å²) in [5.74, 6) is 0. The molecular weight excluding hydrogens is 298 g/mol. The molecule has 0 aliphatic rings. The molecule has 0 saturated heterocycles. The molecule has 0 atom stereocenters. The van der Waals surface area contributed by atoms with Gasteiger partial charge in [0.25, 0.3) is 0 Å². The van der Waals surface area contributed by atoms with Gasteiger partial charge in [0, 0.05) is 11.3 Å². The molecule has 2 nitrogen and oxygen atoms in total. The summed E-state index contributed by atoms with van der Waals surface area (Å²) in [5, 5.41) is 0.237. The fourth-order valence-electron chi connectivity index (χ4n) is 2.34. The monoisotopic (exact) mass is 327 g/mol. The maximum absolute atomic E-state index is 6.32. The molecule has 23 heavy (non-hydrogen) atoms. The second-order valence-corrected chi connectivity index (χ2v) is 12.6. The Bertz CT molecular complexity index is 686. The van der Waals surface area contributed by atoms with Gasteiger partial charge in [0.15, 0.2) is 8.32 Å². The fraction of sp³-hybridized carbons (Fsp3) is 0.400. The van der Waals surface area contributed by atoms with E-state index in [-0.39, 0.29) is 5.04 Å². The number of nitrogen functional groups attached to an aromatic ring is 1. The van der Waals surface area contributed by atoms with Gasteiger partial charge in [0.1, 0.15) is 0 Å². The van der Waals surface area contributed by atoms with Crippen molar-refractivity contribution in [1.82, 2.24) is 0 Å². The first-order valence-corrected chi connectivity index (χ1v) is 11.1. The van der Waals surface area contributed by atoms with Gasteiger partial charge < -0.3 is 10.2 Å². The molecule has 0 radical (unpaired) electrons. The van der Waals surface area contributed by atoms with Crippen molar-refractivity contribution in [1.29, 1.82) is 0 Å². The maximum Gasteiger partial charge on any atom is 0.192 e. The third-order valence-electron chi connectivity index (χ3n) is 4.95. The van der Waals surface area contributed by atoms with Gasteiger partial charge in [0.05, 0.1) is 6.61 Å². The molecule has 0 saturated carbocycles. The lowest BCUT2D eigenvalue weighted by Crippen LogP contribution is -2.40. The lowest BCUT2D eigenvalue weighted by molar-refractivity contribution is 0.276. The largest absolute Gasteiger partial charge is 0.413 e. The second kappa shape index (κ2) is 6.50. The van der Waals surface area contributed by atoms with Gasteiger partial charge in [0.2, 0.25) is 0 Å². The highest BCUT2D eigenvalue weighted by atomic mass is 28.4. The predicted molar refractivity (Wildman–Crippen MR) is 103 cm³/mol. The molecule has 0 amide bonds. The maximum atomic E-state index is 6.32. The molecule has 2 rings (SSSR count). The first-order valence-electron chi connectivity index (χ1n) is 8.20. The molecule has 0 aromatic heterocycles. The van der Waals surface area contributed by atoms with Crippen LogP contribution in [0.2, 0.25) is 18.1 Å². The van der Waals surface area contributed by atoms with Crippen LogP contribution in [-0.2, 0) is 11.0 Å². The zero-order chi connectivity index (χ0) is 17.3. The first-order chi connectivity index (χ1) is 10.6. The highest BCUT2D eigenvalue weighted by Gasteiger charge is 2.37. The summed E-state index contributed by atoms with van der Waals surface area (Å²) in [5.41, 5.74) is 11.7. The molecule has 0 fully saturated rings. The zero-order valence-electron chi connectivity index (χ0n) is 15.2. The van der Waals surface area contributed by atoms with Crippen molar-refractivity contribution in [2.45, 2.75) is 52.4 Å². The van der Waals surface area contributed by atoms with Crippen LogP contribution in [-0.4, -0.2) is 8.32 Å². The Kier molecular flexibility index (Phi) is 5.02. The number of aryl methyl sites for hydroxylation is 1. The van der Waals surface area contributed by atoms with Crippen molar-refractivity contribution in [2.75, 3.05) is 5.73 Å². The van der Waals surface area contributed by atoms with Crippen LogP contribution in [0, 0.1) is 6.92 Å². The van der Waals surface area contributed by atoms with Gasteiger partial charge in [-0.25, -0.2) is 0 Å². The number of hydrogen-bond acceptors (Lipinski definition) is 2. The lowest BCUT2D eigenvalue weighted by atomic mass is 9.97. The molecule has 124 valence electrons. The third kappa shape index (κ3) is 4.04. The Morgan fingerprint density at radius 3 is 2.22 bits per heavy atom. The number of nitrogens with two attached hydrogens (primary N) is 1. The van der Waals surface area contributed by atoms with E-state index in [0.29, 0.717) is 6.61 Å². The molecule has 2 aromatic rings. The summed E-state index contributed by atoms with van der Waals surface area (Å²) in [4.78, 5) is 0. The number of para-hydroxylation sites is 1. The van der Waals surface area contributed by atoms with Gasteiger partial charge in [-0.05, 0) is 47.8 Å². The highest BCUT2D eigenvalue weighted by Crippen LogP contribution is 2.37. The van der Waals surface area contributed by atoms with Crippen molar-refractivity contribution in [3.8, 4) is 11.1 Å². The average Bonchev–Trinajstić information content (AvgIpc) is 2.45. The second-order valence-electron chi connectivity index (χ2n) is 7.79. The van der Waals surface area contributed by atoms with E-state index >= 15 is 0 Å².